The Bertz CT molecular complexity index is 506. The molecule has 21 heavy (non-hydrogen) atoms. The molecule has 3 unspecified atom stereocenters. The maximum atomic E-state index is 12.6. The number of nitrogens with two attached hydrogens (primary N) is 1. The minimum absolute atomic E-state index is 0.0719. The number of piperidine rings is 1. The predicted octanol–water partition coefficient (Wildman–Crippen LogP) is 1.36. The molecule has 0 saturated carbocycles. The van der Waals surface area contributed by atoms with Crippen molar-refractivity contribution >= 4 is 23.1 Å². The van der Waals surface area contributed by atoms with E-state index in [0.29, 0.717) is 19.5 Å². The second-order valence-electron chi connectivity index (χ2n) is 5.76. The lowest BCUT2D eigenvalue weighted by Gasteiger charge is -2.36. The van der Waals surface area contributed by atoms with E-state index in [0.717, 1.165) is 12.0 Å². The Morgan fingerprint density at radius 1 is 1.48 bits per heavy atom. The van der Waals surface area contributed by atoms with Gasteiger partial charge in [0.05, 0.1) is 17.0 Å². The normalized spacial score (nSPS) is 23.6. The molecule has 2 rings (SSSR count). The first kappa shape index (κ1) is 15.9. The molecule has 114 valence electrons. The number of aliphatic hydroxyl groups is 1. The molecule has 1 amide bonds. The fraction of sp³-hybridized carbons (Fsp3) is 0.500. The zero-order valence-electron chi connectivity index (χ0n) is 12.2. The number of rotatable bonds is 4. The zero-order valence-corrected chi connectivity index (χ0v) is 13.1. The van der Waals surface area contributed by atoms with Crippen LogP contribution in [0.4, 0.5) is 0 Å². The van der Waals surface area contributed by atoms with Gasteiger partial charge in [-0.1, -0.05) is 49.5 Å². The Kier molecular flexibility index (Phi) is 5.31. The van der Waals surface area contributed by atoms with E-state index < -0.39 is 12.0 Å². The summed E-state index contributed by atoms with van der Waals surface area (Å²) in [4.78, 5) is 14.6. The van der Waals surface area contributed by atoms with Gasteiger partial charge < -0.3 is 15.7 Å². The average molecular weight is 306 g/mol. The number of carbonyl (C=O) groups excluding carboxylic acids is 1. The molecule has 1 aliphatic heterocycles. The van der Waals surface area contributed by atoms with Gasteiger partial charge in [-0.2, -0.15) is 0 Å². The zero-order chi connectivity index (χ0) is 15.4. The summed E-state index contributed by atoms with van der Waals surface area (Å²) >= 11 is 5.08. The topological polar surface area (TPSA) is 66.6 Å². The molecule has 1 heterocycles. The molecular weight excluding hydrogens is 284 g/mol. The highest BCUT2D eigenvalue weighted by atomic mass is 32.1. The van der Waals surface area contributed by atoms with Gasteiger partial charge in [-0.05, 0) is 24.3 Å². The van der Waals surface area contributed by atoms with Crippen LogP contribution in [0.2, 0.25) is 0 Å². The summed E-state index contributed by atoms with van der Waals surface area (Å²) in [7, 11) is 0. The molecule has 1 saturated heterocycles. The molecule has 4 nitrogen and oxygen atoms in total. The van der Waals surface area contributed by atoms with Crippen LogP contribution >= 0.6 is 12.2 Å². The van der Waals surface area contributed by atoms with Crippen LogP contribution in [0.3, 0.4) is 0 Å². The van der Waals surface area contributed by atoms with Gasteiger partial charge in [-0.15, -0.1) is 0 Å². The van der Waals surface area contributed by atoms with Crippen molar-refractivity contribution in [2.75, 3.05) is 13.1 Å². The average Bonchev–Trinajstić information content (AvgIpc) is 2.47. The number of carbonyl (C=O) groups is 1. The molecule has 0 spiro atoms. The summed E-state index contributed by atoms with van der Waals surface area (Å²) < 4.78 is 0. The summed E-state index contributed by atoms with van der Waals surface area (Å²) in [5, 5.41) is 9.95. The van der Waals surface area contributed by atoms with Crippen LogP contribution in [0.1, 0.15) is 18.9 Å². The van der Waals surface area contributed by atoms with E-state index in [1.165, 1.54) is 0 Å². The third kappa shape index (κ3) is 4.02. The minimum atomic E-state index is -0.497. The fourth-order valence-corrected chi connectivity index (χ4v) is 2.81. The number of likely N-dealkylation sites (tertiary alicyclic amines) is 1. The molecule has 5 heteroatoms. The van der Waals surface area contributed by atoms with Crippen molar-refractivity contribution in [3.8, 4) is 0 Å². The molecule has 0 bridgehead atoms. The van der Waals surface area contributed by atoms with Crippen LogP contribution in [0.15, 0.2) is 30.3 Å². The summed E-state index contributed by atoms with van der Waals surface area (Å²) in [5.74, 6) is -0.341. The van der Waals surface area contributed by atoms with Crippen molar-refractivity contribution in [2.45, 2.75) is 25.9 Å². The second-order valence-corrected chi connectivity index (χ2v) is 6.23. The van der Waals surface area contributed by atoms with Crippen molar-refractivity contribution in [2.24, 2.45) is 17.6 Å². The van der Waals surface area contributed by atoms with E-state index in [1.54, 1.807) is 4.90 Å². The molecule has 0 radical (unpaired) electrons. The van der Waals surface area contributed by atoms with E-state index in [-0.39, 0.29) is 16.8 Å². The maximum absolute atomic E-state index is 12.6. The number of thiocarbonyl (C=S) groups is 1. The lowest BCUT2D eigenvalue weighted by atomic mass is 9.93. The lowest BCUT2D eigenvalue weighted by Crippen LogP contribution is -2.50. The summed E-state index contributed by atoms with van der Waals surface area (Å²) in [6, 6.07) is 9.73. The molecular formula is C16H22N2O2S. The van der Waals surface area contributed by atoms with Gasteiger partial charge in [-0.25, -0.2) is 0 Å². The molecule has 1 aromatic rings. The molecule has 1 aromatic carbocycles. The van der Waals surface area contributed by atoms with Crippen molar-refractivity contribution in [3.05, 3.63) is 35.9 Å². The first-order chi connectivity index (χ1) is 9.99. The standard InChI is InChI=1S/C16H22N2O2S/c1-11-7-8-18(10-14(11)19)16(20)13(15(17)21)9-12-5-3-2-4-6-12/h2-6,11,13-14,19H,7-10H2,1H3,(H2,17,21). The van der Waals surface area contributed by atoms with E-state index in [4.69, 9.17) is 18.0 Å². The summed E-state index contributed by atoms with van der Waals surface area (Å²) in [5.41, 5.74) is 6.81. The number of amides is 1. The Hall–Kier alpha value is -1.46. The number of β-amino-alcohol motifs (C(OH)–C–C–N with tert-alkyl or cyclic N) is 1. The van der Waals surface area contributed by atoms with E-state index in [1.807, 2.05) is 37.3 Å². The van der Waals surface area contributed by atoms with Crippen molar-refractivity contribution in [3.63, 3.8) is 0 Å². The first-order valence-electron chi connectivity index (χ1n) is 7.29. The Morgan fingerprint density at radius 2 is 2.14 bits per heavy atom. The second kappa shape index (κ2) is 7.00. The smallest absolute Gasteiger partial charge is 0.232 e. The Balaban J connectivity index is 2.08. The third-order valence-electron chi connectivity index (χ3n) is 4.15. The number of benzene rings is 1. The molecule has 1 fully saturated rings. The Labute approximate surface area is 130 Å². The van der Waals surface area contributed by atoms with E-state index >= 15 is 0 Å². The molecule has 0 aliphatic carbocycles. The van der Waals surface area contributed by atoms with Crippen molar-refractivity contribution in [1.82, 2.24) is 4.90 Å². The highest BCUT2D eigenvalue weighted by molar-refractivity contribution is 7.80. The molecule has 3 atom stereocenters. The monoisotopic (exact) mass is 306 g/mol. The lowest BCUT2D eigenvalue weighted by molar-refractivity contribution is -0.137. The third-order valence-corrected chi connectivity index (χ3v) is 4.44. The summed E-state index contributed by atoms with van der Waals surface area (Å²) in [6.07, 6.45) is 0.853. The van der Waals surface area contributed by atoms with Crippen LogP contribution in [0.5, 0.6) is 0 Å². The fourth-order valence-electron chi connectivity index (χ4n) is 2.63. The highest BCUT2D eigenvalue weighted by Crippen LogP contribution is 2.20. The van der Waals surface area contributed by atoms with Gasteiger partial charge in [0, 0.05) is 13.1 Å². The molecule has 1 aliphatic rings. The number of hydrogen-bond donors (Lipinski definition) is 2. The first-order valence-corrected chi connectivity index (χ1v) is 7.70. The van der Waals surface area contributed by atoms with Crippen molar-refractivity contribution < 1.29 is 9.90 Å². The van der Waals surface area contributed by atoms with Gasteiger partial charge in [0.25, 0.3) is 0 Å². The van der Waals surface area contributed by atoms with Gasteiger partial charge in [0.15, 0.2) is 0 Å². The minimum Gasteiger partial charge on any atom is -0.393 e. The summed E-state index contributed by atoms with van der Waals surface area (Å²) in [6.45, 7) is 3.03. The van der Waals surface area contributed by atoms with Crippen molar-refractivity contribution in [1.29, 1.82) is 0 Å². The number of hydrogen-bond acceptors (Lipinski definition) is 3. The van der Waals surface area contributed by atoms with E-state index in [9.17, 15) is 9.90 Å². The van der Waals surface area contributed by atoms with Crippen LogP contribution in [-0.4, -0.2) is 40.1 Å². The molecule has 0 aromatic heterocycles. The highest BCUT2D eigenvalue weighted by Gasteiger charge is 2.32. The van der Waals surface area contributed by atoms with Gasteiger partial charge in [0.1, 0.15) is 0 Å². The number of nitrogens with zero attached hydrogens (tertiary/aromatic N) is 1. The van der Waals surface area contributed by atoms with Gasteiger partial charge >= 0.3 is 0 Å². The van der Waals surface area contributed by atoms with Crippen LogP contribution in [0.25, 0.3) is 0 Å². The number of aliphatic hydroxyl groups excluding tert-OH is 1. The van der Waals surface area contributed by atoms with Crippen LogP contribution in [0, 0.1) is 11.8 Å². The van der Waals surface area contributed by atoms with Crippen LogP contribution in [-0.2, 0) is 11.2 Å². The van der Waals surface area contributed by atoms with Crippen LogP contribution < -0.4 is 5.73 Å². The quantitative estimate of drug-likeness (QED) is 0.824. The van der Waals surface area contributed by atoms with E-state index in [2.05, 4.69) is 0 Å². The largest absolute Gasteiger partial charge is 0.393 e. The Morgan fingerprint density at radius 3 is 2.71 bits per heavy atom. The van der Waals surface area contributed by atoms with Gasteiger partial charge in [-0.3, -0.25) is 4.79 Å². The predicted molar refractivity (Wildman–Crippen MR) is 86.8 cm³/mol. The maximum Gasteiger partial charge on any atom is 0.232 e. The SMILES string of the molecule is CC1CCN(C(=O)C(Cc2ccccc2)C(N)=S)CC1O. The molecule has 3 N–H and O–H groups in total. The van der Waals surface area contributed by atoms with Gasteiger partial charge in [0.2, 0.25) is 5.91 Å².